The van der Waals surface area contributed by atoms with Gasteiger partial charge in [-0.05, 0) is 26.3 Å². The van der Waals surface area contributed by atoms with E-state index in [9.17, 15) is 0 Å². The van der Waals surface area contributed by atoms with E-state index in [-0.39, 0.29) is 0 Å². The molecule has 1 rings (SSSR count). The Labute approximate surface area is 85.9 Å². The average molecular weight is 193 g/mol. The first-order chi connectivity index (χ1) is 6.76. The number of pyridine rings is 1. The van der Waals surface area contributed by atoms with E-state index in [1.165, 1.54) is 0 Å². The second-order valence-electron chi connectivity index (χ2n) is 3.41. The molecule has 2 N–H and O–H groups in total. The number of aromatic nitrogens is 1. The van der Waals surface area contributed by atoms with Gasteiger partial charge in [-0.15, -0.1) is 0 Å². The first-order valence-corrected chi connectivity index (χ1v) is 5.22. The van der Waals surface area contributed by atoms with Crippen molar-refractivity contribution in [1.29, 1.82) is 0 Å². The standard InChI is InChI=1S/C11H19N3/c1-4-9(3)14-10-6-7-13-11(8-10)12-5-2/h6-9H,4-5H2,1-3H3,(H2,12,13,14). The summed E-state index contributed by atoms with van der Waals surface area (Å²) >= 11 is 0. The summed E-state index contributed by atoms with van der Waals surface area (Å²) in [6.45, 7) is 7.31. The Kier molecular flexibility index (Phi) is 4.23. The van der Waals surface area contributed by atoms with E-state index in [2.05, 4.69) is 36.4 Å². The number of hydrogen-bond donors (Lipinski definition) is 2. The van der Waals surface area contributed by atoms with Crippen LogP contribution in [-0.4, -0.2) is 17.6 Å². The molecule has 78 valence electrons. The molecule has 0 aliphatic heterocycles. The Morgan fingerprint density at radius 3 is 2.86 bits per heavy atom. The fraction of sp³-hybridized carbons (Fsp3) is 0.545. The zero-order valence-corrected chi connectivity index (χ0v) is 9.17. The number of rotatable bonds is 5. The Hall–Kier alpha value is -1.25. The lowest BCUT2D eigenvalue weighted by Gasteiger charge is -2.13. The molecule has 0 aromatic carbocycles. The molecule has 0 aliphatic rings. The SMILES string of the molecule is CCNc1cc(NC(C)CC)ccn1. The van der Waals surface area contributed by atoms with Crippen molar-refractivity contribution < 1.29 is 0 Å². The van der Waals surface area contributed by atoms with Gasteiger partial charge in [-0.25, -0.2) is 4.98 Å². The third kappa shape index (κ3) is 3.24. The van der Waals surface area contributed by atoms with Gasteiger partial charge in [0.25, 0.3) is 0 Å². The molecule has 0 aliphatic carbocycles. The van der Waals surface area contributed by atoms with Gasteiger partial charge in [-0.2, -0.15) is 0 Å². The highest BCUT2D eigenvalue weighted by atomic mass is 15.0. The molecule has 3 heteroatoms. The van der Waals surface area contributed by atoms with E-state index < -0.39 is 0 Å². The maximum Gasteiger partial charge on any atom is 0.127 e. The summed E-state index contributed by atoms with van der Waals surface area (Å²) in [5.74, 6) is 0.931. The third-order valence-electron chi connectivity index (χ3n) is 2.14. The molecular weight excluding hydrogens is 174 g/mol. The van der Waals surface area contributed by atoms with E-state index in [1.54, 1.807) is 0 Å². The second kappa shape index (κ2) is 5.47. The van der Waals surface area contributed by atoms with Gasteiger partial charge in [0.05, 0.1) is 0 Å². The Balaban J connectivity index is 2.63. The van der Waals surface area contributed by atoms with Crippen LogP contribution in [0, 0.1) is 0 Å². The fourth-order valence-electron chi connectivity index (χ4n) is 1.18. The van der Waals surface area contributed by atoms with Crippen molar-refractivity contribution in [1.82, 2.24) is 4.98 Å². The summed E-state index contributed by atoms with van der Waals surface area (Å²) in [6.07, 6.45) is 2.95. The zero-order chi connectivity index (χ0) is 10.4. The molecule has 0 saturated heterocycles. The van der Waals surface area contributed by atoms with E-state index >= 15 is 0 Å². The van der Waals surface area contributed by atoms with Crippen molar-refractivity contribution in [3.05, 3.63) is 18.3 Å². The summed E-state index contributed by atoms with van der Waals surface area (Å²) in [7, 11) is 0. The Morgan fingerprint density at radius 2 is 2.21 bits per heavy atom. The van der Waals surface area contributed by atoms with Gasteiger partial charge in [-0.1, -0.05) is 6.92 Å². The fourth-order valence-corrected chi connectivity index (χ4v) is 1.18. The van der Waals surface area contributed by atoms with Crippen LogP contribution in [-0.2, 0) is 0 Å². The van der Waals surface area contributed by atoms with Crippen LogP contribution < -0.4 is 10.6 Å². The van der Waals surface area contributed by atoms with Gasteiger partial charge >= 0.3 is 0 Å². The van der Waals surface area contributed by atoms with Crippen LogP contribution in [0.25, 0.3) is 0 Å². The molecule has 0 radical (unpaired) electrons. The van der Waals surface area contributed by atoms with Gasteiger partial charge in [0.1, 0.15) is 5.82 Å². The highest BCUT2D eigenvalue weighted by molar-refractivity contribution is 5.52. The average Bonchev–Trinajstić information content (AvgIpc) is 2.19. The molecule has 0 amide bonds. The zero-order valence-electron chi connectivity index (χ0n) is 9.17. The maximum atomic E-state index is 4.21. The smallest absolute Gasteiger partial charge is 0.127 e. The summed E-state index contributed by atoms with van der Waals surface area (Å²) in [5, 5.41) is 6.60. The topological polar surface area (TPSA) is 37.0 Å². The van der Waals surface area contributed by atoms with Gasteiger partial charge in [0.15, 0.2) is 0 Å². The maximum absolute atomic E-state index is 4.21. The van der Waals surface area contributed by atoms with E-state index in [1.807, 2.05) is 18.3 Å². The number of nitrogens with one attached hydrogen (secondary N) is 2. The van der Waals surface area contributed by atoms with Gasteiger partial charge in [-0.3, -0.25) is 0 Å². The largest absolute Gasteiger partial charge is 0.382 e. The number of anilines is 2. The van der Waals surface area contributed by atoms with Crippen molar-refractivity contribution >= 4 is 11.5 Å². The van der Waals surface area contributed by atoms with Crippen LogP contribution >= 0.6 is 0 Å². The van der Waals surface area contributed by atoms with Gasteiger partial charge < -0.3 is 10.6 Å². The van der Waals surface area contributed by atoms with Crippen LogP contribution in [0.5, 0.6) is 0 Å². The van der Waals surface area contributed by atoms with Crippen molar-refractivity contribution in [2.24, 2.45) is 0 Å². The minimum atomic E-state index is 0.506. The van der Waals surface area contributed by atoms with Crippen molar-refractivity contribution in [3.8, 4) is 0 Å². The minimum Gasteiger partial charge on any atom is -0.382 e. The van der Waals surface area contributed by atoms with Gasteiger partial charge in [0.2, 0.25) is 0 Å². The highest BCUT2D eigenvalue weighted by Crippen LogP contribution is 2.13. The molecular formula is C11H19N3. The Bertz CT molecular complexity index is 273. The lowest BCUT2D eigenvalue weighted by molar-refractivity contribution is 0.764. The van der Waals surface area contributed by atoms with Crippen LogP contribution in [0.1, 0.15) is 27.2 Å². The molecule has 1 atom stereocenters. The van der Waals surface area contributed by atoms with Crippen molar-refractivity contribution in [3.63, 3.8) is 0 Å². The third-order valence-corrected chi connectivity index (χ3v) is 2.14. The quantitative estimate of drug-likeness (QED) is 0.755. The summed E-state index contributed by atoms with van der Waals surface area (Å²) < 4.78 is 0. The molecule has 14 heavy (non-hydrogen) atoms. The Morgan fingerprint density at radius 1 is 1.43 bits per heavy atom. The predicted molar refractivity (Wildman–Crippen MR) is 61.8 cm³/mol. The molecule has 1 aromatic heterocycles. The molecule has 0 fully saturated rings. The lowest BCUT2D eigenvalue weighted by Crippen LogP contribution is -2.13. The summed E-state index contributed by atoms with van der Waals surface area (Å²) in [4.78, 5) is 4.21. The molecule has 1 aromatic rings. The van der Waals surface area contributed by atoms with E-state index in [4.69, 9.17) is 0 Å². The normalized spacial score (nSPS) is 12.2. The summed E-state index contributed by atoms with van der Waals surface area (Å²) in [6, 6.07) is 4.54. The molecule has 3 nitrogen and oxygen atoms in total. The van der Waals surface area contributed by atoms with E-state index in [0.29, 0.717) is 6.04 Å². The number of hydrogen-bond acceptors (Lipinski definition) is 3. The van der Waals surface area contributed by atoms with Crippen LogP contribution in [0.2, 0.25) is 0 Å². The molecule has 1 heterocycles. The summed E-state index contributed by atoms with van der Waals surface area (Å²) in [5.41, 5.74) is 1.13. The first-order valence-electron chi connectivity index (χ1n) is 5.22. The number of nitrogens with zero attached hydrogens (tertiary/aromatic N) is 1. The predicted octanol–water partition coefficient (Wildman–Crippen LogP) is 2.72. The molecule has 0 spiro atoms. The molecule has 0 bridgehead atoms. The van der Waals surface area contributed by atoms with Crippen LogP contribution in [0.4, 0.5) is 11.5 Å². The van der Waals surface area contributed by atoms with E-state index in [0.717, 1.165) is 24.5 Å². The monoisotopic (exact) mass is 193 g/mol. The molecule has 0 saturated carbocycles. The van der Waals surface area contributed by atoms with Crippen molar-refractivity contribution in [2.45, 2.75) is 33.2 Å². The molecule has 1 unspecified atom stereocenters. The highest BCUT2D eigenvalue weighted by Gasteiger charge is 1.99. The van der Waals surface area contributed by atoms with Crippen molar-refractivity contribution in [2.75, 3.05) is 17.2 Å². The lowest BCUT2D eigenvalue weighted by atomic mass is 10.2. The minimum absolute atomic E-state index is 0.506. The second-order valence-corrected chi connectivity index (χ2v) is 3.41. The van der Waals surface area contributed by atoms with Crippen LogP contribution in [0.15, 0.2) is 18.3 Å². The van der Waals surface area contributed by atoms with Crippen LogP contribution in [0.3, 0.4) is 0 Å². The van der Waals surface area contributed by atoms with Gasteiger partial charge in [0, 0.05) is 30.5 Å². The first kappa shape index (κ1) is 10.8.